The maximum Gasteiger partial charge on any atom is 0.326 e. The molecule has 0 radical (unpaired) electrons. The summed E-state index contributed by atoms with van der Waals surface area (Å²) >= 11 is 0. The van der Waals surface area contributed by atoms with Crippen molar-refractivity contribution in [2.45, 2.75) is 64.3 Å². The third-order valence-corrected chi connectivity index (χ3v) is 3.84. The normalized spacial score (nSPS) is 11.9. The Balaban J connectivity index is 2.53. The van der Waals surface area contributed by atoms with Crippen LogP contribution >= 0.6 is 0 Å². The fourth-order valence-electron chi connectivity index (χ4n) is 2.42. The molecule has 1 amide bonds. The van der Waals surface area contributed by atoms with Crippen molar-refractivity contribution in [1.82, 2.24) is 14.9 Å². The number of carbonyl (C=O) groups is 3. The Bertz CT molecular complexity index is 571. The molecular formula is C17H28N4O4. The van der Waals surface area contributed by atoms with Gasteiger partial charge >= 0.3 is 5.97 Å². The van der Waals surface area contributed by atoms with Gasteiger partial charge in [0.2, 0.25) is 11.8 Å². The number of aromatic nitrogens is 2. The van der Waals surface area contributed by atoms with E-state index >= 15 is 0 Å². The Morgan fingerprint density at radius 1 is 1.24 bits per heavy atom. The molecule has 140 valence electrons. The van der Waals surface area contributed by atoms with Crippen molar-refractivity contribution in [2.75, 3.05) is 6.54 Å². The fourth-order valence-corrected chi connectivity index (χ4v) is 2.42. The van der Waals surface area contributed by atoms with Crippen LogP contribution in [0.15, 0.2) is 12.5 Å². The fraction of sp³-hybridized carbons (Fsp3) is 0.647. The minimum Gasteiger partial charge on any atom is -0.480 e. The number of carboxylic acid groups (broad SMARTS) is 1. The highest BCUT2D eigenvalue weighted by Gasteiger charge is 2.21. The molecule has 0 aromatic carbocycles. The van der Waals surface area contributed by atoms with E-state index in [1.54, 1.807) is 0 Å². The lowest BCUT2D eigenvalue weighted by Gasteiger charge is -2.12. The molecule has 0 aliphatic rings. The molecule has 0 saturated carbocycles. The van der Waals surface area contributed by atoms with Crippen molar-refractivity contribution < 1.29 is 19.5 Å². The van der Waals surface area contributed by atoms with Crippen molar-refractivity contribution in [2.24, 2.45) is 5.73 Å². The monoisotopic (exact) mass is 352 g/mol. The molecule has 1 aromatic rings. The highest BCUT2D eigenvalue weighted by atomic mass is 16.4. The lowest BCUT2D eigenvalue weighted by molar-refractivity contribution is -0.141. The molecule has 0 aliphatic heterocycles. The van der Waals surface area contributed by atoms with E-state index in [1.807, 2.05) is 0 Å². The van der Waals surface area contributed by atoms with E-state index in [0.717, 1.165) is 25.7 Å². The molecule has 0 aliphatic carbocycles. The lowest BCUT2D eigenvalue weighted by Crippen LogP contribution is -2.42. The van der Waals surface area contributed by atoms with Crippen LogP contribution in [0.4, 0.5) is 0 Å². The predicted molar refractivity (Wildman–Crippen MR) is 93.2 cm³/mol. The number of rotatable bonds is 12. The van der Waals surface area contributed by atoms with Gasteiger partial charge in [-0.3, -0.25) is 14.2 Å². The summed E-state index contributed by atoms with van der Waals surface area (Å²) in [4.78, 5) is 39.0. The number of aliphatic carboxylic acids is 1. The summed E-state index contributed by atoms with van der Waals surface area (Å²) in [5.41, 5.74) is 5.72. The van der Waals surface area contributed by atoms with Crippen LogP contribution in [0.2, 0.25) is 0 Å². The smallest absolute Gasteiger partial charge is 0.326 e. The third kappa shape index (κ3) is 7.93. The summed E-state index contributed by atoms with van der Waals surface area (Å²) in [6, 6.07) is -1.09. The van der Waals surface area contributed by atoms with E-state index in [4.69, 9.17) is 5.73 Å². The van der Waals surface area contributed by atoms with Crippen molar-refractivity contribution in [3.63, 3.8) is 0 Å². The van der Waals surface area contributed by atoms with Gasteiger partial charge in [0.1, 0.15) is 12.4 Å². The first-order chi connectivity index (χ1) is 12.0. The summed E-state index contributed by atoms with van der Waals surface area (Å²) in [5.74, 6) is -1.63. The number of hydrogen-bond donors (Lipinski definition) is 3. The number of hydrogen-bond acceptors (Lipinski definition) is 5. The van der Waals surface area contributed by atoms with E-state index in [-0.39, 0.29) is 25.3 Å². The van der Waals surface area contributed by atoms with Gasteiger partial charge < -0.3 is 16.2 Å². The van der Waals surface area contributed by atoms with Crippen LogP contribution in [-0.2, 0) is 16.0 Å². The molecule has 0 fully saturated rings. The zero-order chi connectivity index (χ0) is 18.7. The number of imidazole rings is 1. The highest BCUT2D eigenvalue weighted by Crippen LogP contribution is 2.08. The van der Waals surface area contributed by atoms with Crippen LogP contribution in [0, 0.1) is 0 Å². The van der Waals surface area contributed by atoms with Gasteiger partial charge in [-0.25, -0.2) is 9.78 Å². The highest BCUT2D eigenvalue weighted by molar-refractivity contribution is 5.83. The predicted octanol–water partition coefficient (Wildman–Crippen LogP) is 1.34. The average Bonchev–Trinajstić information content (AvgIpc) is 3.02. The number of unbranched alkanes of at least 4 members (excludes halogenated alkanes) is 4. The number of amides is 1. The minimum absolute atomic E-state index is 0.0163. The van der Waals surface area contributed by atoms with E-state index < -0.39 is 17.9 Å². The van der Waals surface area contributed by atoms with Gasteiger partial charge in [-0.2, -0.15) is 0 Å². The lowest BCUT2D eigenvalue weighted by atomic mass is 10.1. The second kappa shape index (κ2) is 11.4. The van der Waals surface area contributed by atoms with Gasteiger partial charge in [-0.1, -0.05) is 32.6 Å². The molecule has 1 aromatic heterocycles. The van der Waals surface area contributed by atoms with Crippen LogP contribution in [-0.4, -0.2) is 45.0 Å². The Morgan fingerprint density at radius 3 is 2.60 bits per heavy atom. The molecule has 0 spiro atoms. The van der Waals surface area contributed by atoms with Crippen molar-refractivity contribution >= 4 is 17.8 Å². The summed E-state index contributed by atoms with van der Waals surface area (Å²) in [7, 11) is 0. The third-order valence-electron chi connectivity index (χ3n) is 3.84. The number of carbonyl (C=O) groups excluding carboxylic acids is 2. The average molecular weight is 352 g/mol. The van der Waals surface area contributed by atoms with Crippen molar-refractivity contribution in [1.29, 1.82) is 0 Å². The number of carboxylic acids is 1. The Morgan fingerprint density at radius 2 is 1.96 bits per heavy atom. The second-order valence-electron chi connectivity index (χ2n) is 6.03. The number of nitrogens with one attached hydrogen (secondary N) is 1. The zero-order valence-electron chi connectivity index (χ0n) is 14.7. The molecular weight excluding hydrogens is 324 g/mol. The van der Waals surface area contributed by atoms with Gasteiger partial charge in [0, 0.05) is 32.0 Å². The maximum absolute atomic E-state index is 12.1. The molecule has 25 heavy (non-hydrogen) atoms. The molecule has 0 bridgehead atoms. The molecule has 0 saturated heterocycles. The van der Waals surface area contributed by atoms with Crippen LogP contribution in [0.3, 0.4) is 0 Å². The van der Waals surface area contributed by atoms with Crippen LogP contribution in [0.25, 0.3) is 0 Å². The van der Waals surface area contributed by atoms with E-state index in [9.17, 15) is 19.5 Å². The quantitative estimate of drug-likeness (QED) is 0.487. The molecule has 1 unspecified atom stereocenters. The summed E-state index contributed by atoms with van der Waals surface area (Å²) in [6.07, 6.45) is 8.76. The number of nitrogens with zero attached hydrogens (tertiary/aromatic N) is 2. The molecule has 1 rings (SSSR count). The summed E-state index contributed by atoms with van der Waals surface area (Å²) < 4.78 is 1.38. The zero-order valence-corrected chi connectivity index (χ0v) is 14.7. The van der Waals surface area contributed by atoms with Gasteiger partial charge in [0.05, 0.1) is 5.69 Å². The van der Waals surface area contributed by atoms with E-state index in [1.165, 1.54) is 23.5 Å². The van der Waals surface area contributed by atoms with Gasteiger partial charge in [-0.15, -0.1) is 0 Å². The van der Waals surface area contributed by atoms with Crippen molar-refractivity contribution in [3.8, 4) is 0 Å². The maximum atomic E-state index is 12.1. The van der Waals surface area contributed by atoms with Crippen molar-refractivity contribution in [3.05, 3.63) is 18.2 Å². The Kier molecular flexibility index (Phi) is 9.46. The van der Waals surface area contributed by atoms with Crippen LogP contribution in [0.1, 0.15) is 62.4 Å². The second-order valence-corrected chi connectivity index (χ2v) is 6.03. The van der Waals surface area contributed by atoms with Gasteiger partial charge in [-0.05, 0) is 6.42 Å². The minimum atomic E-state index is -1.15. The number of nitrogens with two attached hydrogens (primary N) is 1. The standard InChI is InChI=1S/C17H28N4O4/c1-2-3-4-5-6-7-16(23)21-11-13(19-12-21)10-14(17(24)25)20-15(22)8-9-18/h11-12,14H,2-10,18H2,1H3,(H,20,22)(H,24,25). The Hall–Kier alpha value is -2.22. The SMILES string of the molecule is CCCCCCCC(=O)n1cnc(CC(NC(=O)CCN)C(=O)O)c1. The molecule has 4 N–H and O–H groups in total. The van der Waals surface area contributed by atoms with E-state index in [2.05, 4.69) is 17.2 Å². The molecule has 8 nitrogen and oxygen atoms in total. The molecule has 1 heterocycles. The van der Waals surface area contributed by atoms with Gasteiger partial charge in [0.15, 0.2) is 0 Å². The summed E-state index contributed by atoms with van der Waals surface area (Å²) in [5, 5.41) is 11.6. The van der Waals surface area contributed by atoms with E-state index in [0.29, 0.717) is 12.1 Å². The molecule has 1 atom stereocenters. The van der Waals surface area contributed by atoms with Gasteiger partial charge in [0.25, 0.3) is 0 Å². The molecule has 8 heteroatoms. The first kappa shape index (κ1) is 20.8. The first-order valence-corrected chi connectivity index (χ1v) is 8.76. The Labute approximate surface area is 147 Å². The first-order valence-electron chi connectivity index (χ1n) is 8.76. The van der Waals surface area contributed by atoms with Crippen LogP contribution < -0.4 is 11.1 Å². The summed E-state index contributed by atoms with van der Waals surface area (Å²) in [6.45, 7) is 2.29. The topological polar surface area (TPSA) is 127 Å². The largest absolute Gasteiger partial charge is 0.480 e. The van der Waals surface area contributed by atoms with Crippen LogP contribution in [0.5, 0.6) is 0 Å².